The molecular formula is C18H33N3O. The van der Waals surface area contributed by atoms with Crippen molar-refractivity contribution >= 4 is 0 Å². The van der Waals surface area contributed by atoms with Gasteiger partial charge in [0.15, 0.2) is 0 Å². The van der Waals surface area contributed by atoms with Gasteiger partial charge in [0.2, 0.25) is 0 Å². The number of hydrogen-bond acceptors (Lipinski definition) is 4. The second-order valence-corrected chi connectivity index (χ2v) is 8.08. The Kier molecular flexibility index (Phi) is 5.01. The van der Waals surface area contributed by atoms with Gasteiger partial charge in [0.05, 0.1) is 12.2 Å². The normalized spacial score (nSPS) is 40.9. The van der Waals surface area contributed by atoms with E-state index in [0.29, 0.717) is 12.2 Å². The number of piperazine rings is 1. The molecule has 1 saturated carbocycles. The molecule has 2 bridgehead atoms. The zero-order valence-electron chi connectivity index (χ0n) is 13.9. The van der Waals surface area contributed by atoms with Gasteiger partial charge in [-0.3, -0.25) is 4.90 Å². The highest BCUT2D eigenvalue weighted by atomic mass is 16.5. The van der Waals surface area contributed by atoms with E-state index in [1.807, 2.05) is 0 Å². The third-order valence-electron chi connectivity index (χ3n) is 6.27. The first kappa shape index (κ1) is 15.4. The summed E-state index contributed by atoms with van der Waals surface area (Å²) in [6.07, 6.45) is 11.7. The largest absolute Gasteiger partial charge is 0.375 e. The lowest BCUT2D eigenvalue weighted by Crippen LogP contribution is -2.52. The van der Waals surface area contributed by atoms with Crippen molar-refractivity contribution in [3.05, 3.63) is 0 Å². The van der Waals surface area contributed by atoms with Gasteiger partial charge in [-0.15, -0.1) is 0 Å². The molecule has 4 nitrogen and oxygen atoms in total. The van der Waals surface area contributed by atoms with Gasteiger partial charge in [0.1, 0.15) is 0 Å². The summed E-state index contributed by atoms with van der Waals surface area (Å²) in [4.78, 5) is 2.75. The third kappa shape index (κ3) is 3.84. The Labute approximate surface area is 135 Å². The lowest BCUT2D eigenvalue weighted by Gasteiger charge is -2.38. The molecule has 0 spiro atoms. The zero-order chi connectivity index (χ0) is 14.8. The van der Waals surface area contributed by atoms with E-state index >= 15 is 0 Å². The Bertz CT molecular complexity index is 338. The molecule has 4 heteroatoms. The molecule has 126 valence electrons. The van der Waals surface area contributed by atoms with E-state index in [1.54, 1.807) is 0 Å². The van der Waals surface area contributed by atoms with Crippen LogP contribution in [0.15, 0.2) is 0 Å². The molecule has 0 aromatic heterocycles. The van der Waals surface area contributed by atoms with Gasteiger partial charge in [-0.25, -0.2) is 0 Å². The number of hydrogen-bond donors (Lipinski definition) is 2. The van der Waals surface area contributed by atoms with Crippen LogP contribution in [0.2, 0.25) is 0 Å². The highest BCUT2D eigenvalue weighted by molar-refractivity contribution is 4.93. The minimum atomic E-state index is 0.534. The van der Waals surface area contributed by atoms with Crippen LogP contribution in [-0.2, 0) is 4.74 Å². The van der Waals surface area contributed by atoms with Crippen molar-refractivity contribution in [3.8, 4) is 0 Å². The number of rotatable bonds is 4. The topological polar surface area (TPSA) is 36.5 Å². The lowest BCUT2D eigenvalue weighted by atomic mass is 9.86. The van der Waals surface area contributed by atoms with Gasteiger partial charge in [0, 0.05) is 31.7 Å². The predicted octanol–water partition coefficient (Wildman–Crippen LogP) is 1.75. The van der Waals surface area contributed by atoms with Crippen molar-refractivity contribution in [1.82, 2.24) is 15.5 Å². The molecule has 2 N–H and O–H groups in total. The van der Waals surface area contributed by atoms with Crippen molar-refractivity contribution in [2.75, 3.05) is 32.7 Å². The summed E-state index contributed by atoms with van der Waals surface area (Å²) in [5, 5.41) is 7.17. The van der Waals surface area contributed by atoms with E-state index < -0.39 is 0 Å². The molecule has 0 radical (unpaired) electrons. The van der Waals surface area contributed by atoms with Gasteiger partial charge in [-0.1, -0.05) is 0 Å². The first-order valence-corrected chi connectivity index (χ1v) is 9.70. The number of nitrogens with zero attached hydrogens (tertiary/aromatic N) is 1. The quantitative estimate of drug-likeness (QED) is 0.830. The molecule has 2 atom stereocenters. The molecule has 0 amide bonds. The standard InChI is InChI=1S/C18H33N3O/c1-5-17(22-18-7-9-19-10-8-18)6-2-14(1)11-21-12-15-3-4-16(13-21)20-15/h14-20H,1-13H2. The minimum absolute atomic E-state index is 0.534. The summed E-state index contributed by atoms with van der Waals surface area (Å²) in [7, 11) is 0. The fourth-order valence-electron chi connectivity index (χ4n) is 5.06. The van der Waals surface area contributed by atoms with Gasteiger partial charge in [-0.2, -0.15) is 0 Å². The number of piperidine rings is 1. The smallest absolute Gasteiger partial charge is 0.0603 e. The molecular weight excluding hydrogens is 274 g/mol. The highest BCUT2D eigenvalue weighted by Gasteiger charge is 2.33. The fraction of sp³-hybridized carbons (Fsp3) is 1.00. The molecule has 2 unspecified atom stereocenters. The van der Waals surface area contributed by atoms with Crippen molar-refractivity contribution in [2.45, 2.75) is 75.7 Å². The van der Waals surface area contributed by atoms with E-state index in [9.17, 15) is 0 Å². The van der Waals surface area contributed by atoms with Gasteiger partial charge in [-0.05, 0) is 70.4 Å². The molecule has 4 aliphatic rings. The Balaban J connectivity index is 1.17. The summed E-state index contributed by atoms with van der Waals surface area (Å²) in [5.41, 5.74) is 0. The summed E-state index contributed by atoms with van der Waals surface area (Å²) >= 11 is 0. The van der Waals surface area contributed by atoms with E-state index in [2.05, 4.69) is 15.5 Å². The van der Waals surface area contributed by atoms with E-state index in [4.69, 9.17) is 4.74 Å². The lowest BCUT2D eigenvalue weighted by molar-refractivity contribution is -0.0500. The molecule has 4 rings (SSSR count). The maximum absolute atomic E-state index is 6.35. The van der Waals surface area contributed by atoms with Crippen LogP contribution >= 0.6 is 0 Å². The van der Waals surface area contributed by atoms with Crippen LogP contribution in [0.5, 0.6) is 0 Å². The summed E-state index contributed by atoms with van der Waals surface area (Å²) < 4.78 is 6.35. The Morgan fingerprint density at radius 1 is 0.773 bits per heavy atom. The molecule has 22 heavy (non-hydrogen) atoms. The molecule has 0 aromatic rings. The predicted molar refractivity (Wildman–Crippen MR) is 89.1 cm³/mol. The van der Waals surface area contributed by atoms with Gasteiger partial charge >= 0.3 is 0 Å². The van der Waals surface area contributed by atoms with Crippen molar-refractivity contribution in [1.29, 1.82) is 0 Å². The van der Waals surface area contributed by atoms with Crippen molar-refractivity contribution < 1.29 is 4.74 Å². The molecule has 3 aliphatic heterocycles. The molecule has 3 saturated heterocycles. The molecule has 1 aliphatic carbocycles. The van der Waals surface area contributed by atoms with E-state index in [1.165, 1.54) is 71.0 Å². The zero-order valence-corrected chi connectivity index (χ0v) is 13.9. The van der Waals surface area contributed by atoms with Crippen molar-refractivity contribution in [3.63, 3.8) is 0 Å². The molecule has 0 aromatic carbocycles. The summed E-state index contributed by atoms with van der Waals surface area (Å²) in [6, 6.07) is 1.58. The fourth-order valence-corrected chi connectivity index (χ4v) is 5.06. The Morgan fingerprint density at radius 2 is 1.41 bits per heavy atom. The number of fused-ring (bicyclic) bond motifs is 2. The monoisotopic (exact) mass is 307 g/mol. The molecule has 4 fully saturated rings. The van der Waals surface area contributed by atoms with Crippen LogP contribution in [0.3, 0.4) is 0 Å². The Hall–Kier alpha value is -0.160. The maximum atomic E-state index is 6.35. The second-order valence-electron chi connectivity index (χ2n) is 8.08. The van der Waals surface area contributed by atoms with Crippen LogP contribution < -0.4 is 10.6 Å². The second kappa shape index (κ2) is 7.16. The average molecular weight is 307 g/mol. The first-order chi connectivity index (χ1) is 10.8. The third-order valence-corrected chi connectivity index (χ3v) is 6.27. The highest BCUT2D eigenvalue weighted by Crippen LogP contribution is 2.30. The Morgan fingerprint density at radius 3 is 2.09 bits per heavy atom. The number of likely N-dealkylation sites (tertiary alicyclic amines) is 1. The molecule has 3 heterocycles. The van der Waals surface area contributed by atoms with Crippen LogP contribution in [0.4, 0.5) is 0 Å². The van der Waals surface area contributed by atoms with Gasteiger partial charge in [0.25, 0.3) is 0 Å². The van der Waals surface area contributed by atoms with Crippen LogP contribution in [0.1, 0.15) is 51.4 Å². The van der Waals surface area contributed by atoms with Crippen LogP contribution in [0, 0.1) is 5.92 Å². The number of ether oxygens (including phenoxy) is 1. The average Bonchev–Trinajstić information content (AvgIpc) is 2.89. The van der Waals surface area contributed by atoms with Gasteiger partial charge < -0.3 is 15.4 Å². The number of nitrogens with one attached hydrogen (secondary N) is 2. The summed E-state index contributed by atoms with van der Waals surface area (Å²) in [6.45, 7) is 6.22. The first-order valence-electron chi connectivity index (χ1n) is 9.70. The minimum Gasteiger partial charge on any atom is -0.375 e. The SMILES string of the molecule is C1CC(OC2CCC(CN3CC4CCC(C3)N4)CC2)CCN1. The van der Waals surface area contributed by atoms with Crippen LogP contribution in [0.25, 0.3) is 0 Å². The van der Waals surface area contributed by atoms with Crippen molar-refractivity contribution in [2.24, 2.45) is 5.92 Å². The van der Waals surface area contributed by atoms with E-state index in [-0.39, 0.29) is 0 Å². The van der Waals surface area contributed by atoms with Crippen LogP contribution in [-0.4, -0.2) is 61.9 Å². The maximum Gasteiger partial charge on any atom is 0.0603 e. The summed E-state index contributed by atoms with van der Waals surface area (Å²) in [5.74, 6) is 0.922. The van der Waals surface area contributed by atoms with E-state index in [0.717, 1.165) is 31.1 Å².